The van der Waals surface area contributed by atoms with Gasteiger partial charge in [-0.3, -0.25) is 4.79 Å². The van der Waals surface area contributed by atoms with E-state index >= 15 is 0 Å². The number of rotatable bonds is 4. The zero-order valence-corrected chi connectivity index (χ0v) is 17.1. The third-order valence-corrected chi connectivity index (χ3v) is 7.30. The lowest BCUT2D eigenvalue weighted by atomic mass is 9.98. The Kier molecular flexibility index (Phi) is 6.21. The van der Waals surface area contributed by atoms with Gasteiger partial charge in [-0.2, -0.15) is 4.31 Å². The highest BCUT2D eigenvalue weighted by Crippen LogP contribution is 2.30. The lowest BCUT2D eigenvalue weighted by molar-refractivity contribution is -0.140. The second-order valence-corrected chi connectivity index (χ2v) is 9.23. The van der Waals surface area contributed by atoms with Crippen molar-refractivity contribution >= 4 is 31.9 Å². The van der Waals surface area contributed by atoms with Gasteiger partial charge in [-0.1, -0.05) is 0 Å². The summed E-state index contributed by atoms with van der Waals surface area (Å²) in [6.45, 7) is 2.89. The molecular formula is C17H23BrN2O5S. The van der Waals surface area contributed by atoms with Crippen LogP contribution in [0.5, 0.6) is 5.75 Å². The summed E-state index contributed by atoms with van der Waals surface area (Å²) in [7, 11) is -2.13. The van der Waals surface area contributed by atoms with Crippen LogP contribution in [0.2, 0.25) is 0 Å². The monoisotopic (exact) mass is 446 g/mol. The van der Waals surface area contributed by atoms with Crippen LogP contribution in [0.25, 0.3) is 0 Å². The van der Waals surface area contributed by atoms with Crippen molar-refractivity contribution < 1.29 is 22.7 Å². The SMILES string of the molecule is COc1ccc(S(=O)(=O)N2CCCC(C(=O)N3CCOCC3)C2)cc1Br. The van der Waals surface area contributed by atoms with Crippen molar-refractivity contribution in [1.82, 2.24) is 9.21 Å². The van der Waals surface area contributed by atoms with Crippen LogP contribution >= 0.6 is 15.9 Å². The molecule has 9 heteroatoms. The van der Waals surface area contributed by atoms with E-state index in [1.165, 1.54) is 17.5 Å². The maximum Gasteiger partial charge on any atom is 0.243 e. The zero-order chi connectivity index (χ0) is 18.7. The topological polar surface area (TPSA) is 76.2 Å². The molecule has 2 fully saturated rings. The van der Waals surface area contributed by atoms with E-state index in [0.29, 0.717) is 55.9 Å². The highest BCUT2D eigenvalue weighted by molar-refractivity contribution is 9.10. The Labute approximate surface area is 162 Å². The molecule has 3 rings (SSSR count). The third-order valence-electron chi connectivity index (χ3n) is 4.82. The molecule has 0 aromatic heterocycles. The molecule has 0 N–H and O–H groups in total. The number of amides is 1. The summed E-state index contributed by atoms with van der Waals surface area (Å²) in [5.74, 6) is 0.311. The van der Waals surface area contributed by atoms with Gasteiger partial charge in [0.2, 0.25) is 15.9 Å². The van der Waals surface area contributed by atoms with E-state index in [0.717, 1.165) is 0 Å². The van der Waals surface area contributed by atoms with Crippen molar-refractivity contribution in [2.24, 2.45) is 5.92 Å². The summed E-state index contributed by atoms with van der Waals surface area (Å²) < 4.78 is 38.5. The number of benzene rings is 1. The Morgan fingerprint density at radius 1 is 1.27 bits per heavy atom. The Morgan fingerprint density at radius 2 is 2.00 bits per heavy atom. The quantitative estimate of drug-likeness (QED) is 0.703. The first-order valence-corrected chi connectivity index (χ1v) is 10.9. The maximum absolute atomic E-state index is 13.0. The van der Waals surface area contributed by atoms with Crippen molar-refractivity contribution in [1.29, 1.82) is 0 Å². The Balaban J connectivity index is 1.75. The molecule has 0 saturated carbocycles. The molecule has 1 aromatic carbocycles. The summed E-state index contributed by atoms with van der Waals surface area (Å²) >= 11 is 3.33. The number of morpholine rings is 1. The molecule has 26 heavy (non-hydrogen) atoms. The van der Waals surface area contributed by atoms with Crippen LogP contribution < -0.4 is 4.74 Å². The van der Waals surface area contributed by atoms with Gasteiger partial charge in [0.1, 0.15) is 5.75 Å². The van der Waals surface area contributed by atoms with Gasteiger partial charge in [0, 0.05) is 26.2 Å². The first-order valence-electron chi connectivity index (χ1n) is 8.63. The Morgan fingerprint density at radius 3 is 2.65 bits per heavy atom. The number of halogens is 1. The predicted octanol–water partition coefficient (Wildman–Crippen LogP) is 1.72. The van der Waals surface area contributed by atoms with Crippen molar-refractivity contribution in [3.05, 3.63) is 22.7 Å². The molecule has 2 heterocycles. The smallest absolute Gasteiger partial charge is 0.243 e. The maximum atomic E-state index is 13.0. The van der Waals surface area contributed by atoms with Crippen LogP contribution in [0.1, 0.15) is 12.8 Å². The first-order chi connectivity index (χ1) is 12.4. The van der Waals surface area contributed by atoms with E-state index in [-0.39, 0.29) is 23.3 Å². The summed E-state index contributed by atoms with van der Waals surface area (Å²) in [4.78, 5) is 14.7. The number of carbonyl (C=O) groups excluding carboxylic acids is 1. The van der Waals surface area contributed by atoms with Crippen molar-refractivity contribution in [2.75, 3.05) is 46.5 Å². The Hall–Kier alpha value is -1.16. The van der Waals surface area contributed by atoms with Gasteiger partial charge in [-0.25, -0.2) is 8.42 Å². The number of sulfonamides is 1. The lowest BCUT2D eigenvalue weighted by Crippen LogP contribution is -2.49. The van der Waals surface area contributed by atoms with Gasteiger partial charge >= 0.3 is 0 Å². The summed E-state index contributed by atoms with van der Waals surface area (Å²) in [5.41, 5.74) is 0. The van der Waals surface area contributed by atoms with Crippen LogP contribution in [0.4, 0.5) is 0 Å². The molecule has 0 spiro atoms. The van der Waals surface area contributed by atoms with E-state index in [2.05, 4.69) is 15.9 Å². The summed E-state index contributed by atoms with van der Waals surface area (Å²) in [6.07, 6.45) is 1.39. The number of carbonyl (C=O) groups is 1. The van der Waals surface area contributed by atoms with Crippen LogP contribution in [0.15, 0.2) is 27.6 Å². The fourth-order valence-electron chi connectivity index (χ4n) is 3.36. The average molecular weight is 447 g/mol. The van der Waals surface area contributed by atoms with Crippen molar-refractivity contribution in [3.8, 4) is 5.75 Å². The predicted molar refractivity (Wildman–Crippen MR) is 99.6 cm³/mol. The van der Waals surface area contributed by atoms with Gasteiger partial charge in [-0.05, 0) is 47.0 Å². The van der Waals surface area contributed by atoms with Gasteiger partial charge in [0.05, 0.1) is 35.6 Å². The minimum atomic E-state index is -3.65. The van der Waals surface area contributed by atoms with Gasteiger partial charge in [0.25, 0.3) is 0 Å². The van der Waals surface area contributed by atoms with Crippen molar-refractivity contribution in [3.63, 3.8) is 0 Å². The molecule has 2 saturated heterocycles. The molecule has 1 unspecified atom stereocenters. The summed E-state index contributed by atoms with van der Waals surface area (Å²) in [5, 5.41) is 0. The molecule has 2 aliphatic heterocycles. The number of methoxy groups -OCH3 is 1. The molecule has 1 atom stereocenters. The standard InChI is InChI=1S/C17H23BrN2O5S/c1-24-16-5-4-14(11-15(16)18)26(22,23)20-6-2-3-13(12-20)17(21)19-7-9-25-10-8-19/h4-5,11,13H,2-3,6-10,12H2,1H3. The molecule has 1 aromatic rings. The highest BCUT2D eigenvalue weighted by atomic mass is 79.9. The van der Waals surface area contributed by atoms with Gasteiger partial charge in [0.15, 0.2) is 0 Å². The largest absolute Gasteiger partial charge is 0.496 e. The van der Waals surface area contributed by atoms with E-state index in [1.807, 2.05) is 0 Å². The van der Waals surface area contributed by atoms with Crippen LogP contribution in [0, 0.1) is 5.92 Å². The molecule has 2 aliphatic rings. The molecule has 7 nitrogen and oxygen atoms in total. The highest BCUT2D eigenvalue weighted by Gasteiger charge is 2.35. The lowest BCUT2D eigenvalue weighted by Gasteiger charge is -2.35. The minimum absolute atomic E-state index is 0.0316. The number of hydrogen-bond donors (Lipinski definition) is 0. The third kappa shape index (κ3) is 4.05. The zero-order valence-electron chi connectivity index (χ0n) is 14.7. The van der Waals surface area contributed by atoms with E-state index in [9.17, 15) is 13.2 Å². The second-order valence-electron chi connectivity index (χ2n) is 6.44. The van der Waals surface area contributed by atoms with E-state index < -0.39 is 10.0 Å². The van der Waals surface area contributed by atoms with E-state index in [4.69, 9.17) is 9.47 Å². The Bertz CT molecular complexity index is 764. The van der Waals surface area contributed by atoms with Gasteiger partial charge < -0.3 is 14.4 Å². The van der Waals surface area contributed by atoms with Gasteiger partial charge in [-0.15, -0.1) is 0 Å². The average Bonchev–Trinajstić information content (AvgIpc) is 2.68. The fraction of sp³-hybridized carbons (Fsp3) is 0.588. The molecule has 0 bridgehead atoms. The number of hydrogen-bond acceptors (Lipinski definition) is 5. The van der Waals surface area contributed by atoms with Crippen LogP contribution in [0.3, 0.4) is 0 Å². The van der Waals surface area contributed by atoms with Crippen LogP contribution in [-0.2, 0) is 19.6 Å². The van der Waals surface area contributed by atoms with E-state index in [1.54, 1.807) is 17.0 Å². The second kappa shape index (κ2) is 8.24. The molecule has 0 radical (unpaired) electrons. The molecule has 1 amide bonds. The van der Waals surface area contributed by atoms with Crippen molar-refractivity contribution in [2.45, 2.75) is 17.7 Å². The first kappa shape index (κ1) is 19.6. The summed E-state index contributed by atoms with van der Waals surface area (Å²) in [6, 6.07) is 4.70. The molecule has 144 valence electrons. The number of piperidine rings is 1. The van der Waals surface area contributed by atoms with Crippen LogP contribution in [-0.4, -0.2) is 70.0 Å². The number of nitrogens with zero attached hydrogens (tertiary/aromatic N) is 2. The molecule has 0 aliphatic carbocycles. The normalized spacial score (nSPS) is 22.2. The number of ether oxygens (including phenoxy) is 2. The molecular weight excluding hydrogens is 424 g/mol. The minimum Gasteiger partial charge on any atom is -0.496 e. The fourth-order valence-corrected chi connectivity index (χ4v) is 5.60.